The van der Waals surface area contributed by atoms with Crippen LogP contribution in [0.2, 0.25) is 0 Å². The zero-order valence-electron chi connectivity index (χ0n) is 16.3. The van der Waals surface area contributed by atoms with E-state index < -0.39 is 0 Å². The van der Waals surface area contributed by atoms with Gasteiger partial charge in [0.15, 0.2) is 0 Å². The third-order valence-electron chi connectivity index (χ3n) is 6.13. The number of rotatable bonds is 6. The van der Waals surface area contributed by atoms with E-state index in [2.05, 4.69) is 15.0 Å². The lowest BCUT2D eigenvalue weighted by Gasteiger charge is -2.40. The smallest absolute Gasteiger partial charge is 0.222 e. The lowest BCUT2D eigenvalue weighted by Crippen LogP contribution is -2.45. The van der Waals surface area contributed by atoms with E-state index in [0.29, 0.717) is 13.0 Å². The molecule has 0 radical (unpaired) electrons. The first-order valence-corrected chi connectivity index (χ1v) is 10.2. The number of aryl methyl sites for hydroxylation is 1. The van der Waals surface area contributed by atoms with Crippen molar-refractivity contribution in [2.24, 2.45) is 5.41 Å². The number of hydrogen-bond acceptors (Lipinski definition) is 4. The standard InChI is InChI=1S/C21H28FN5O/c22-19-6-2-1-5-18(19)13-25-10-4-8-21(14-25)9-12-26(15-21)20(28)7-3-11-27-17-23-16-24-27/h1-2,5-6,16-17H,3-4,7-15H2/t21-/m0/s1. The molecule has 2 saturated heterocycles. The number of amides is 1. The summed E-state index contributed by atoms with van der Waals surface area (Å²) >= 11 is 0. The maximum Gasteiger partial charge on any atom is 0.222 e. The van der Waals surface area contributed by atoms with Gasteiger partial charge in [-0.1, -0.05) is 18.2 Å². The second-order valence-corrected chi connectivity index (χ2v) is 8.23. The van der Waals surface area contributed by atoms with Crippen molar-refractivity contribution in [2.75, 3.05) is 26.2 Å². The van der Waals surface area contributed by atoms with Gasteiger partial charge in [0.25, 0.3) is 0 Å². The quantitative estimate of drug-likeness (QED) is 0.767. The van der Waals surface area contributed by atoms with Gasteiger partial charge in [0.1, 0.15) is 18.5 Å². The zero-order chi connectivity index (χ0) is 19.4. The molecule has 3 heterocycles. The Balaban J connectivity index is 1.29. The monoisotopic (exact) mass is 385 g/mol. The minimum atomic E-state index is -0.127. The Morgan fingerprint density at radius 3 is 2.89 bits per heavy atom. The van der Waals surface area contributed by atoms with Crippen LogP contribution in [0.1, 0.15) is 37.7 Å². The number of halogens is 1. The van der Waals surface area contributed by atoms with Crippen LogP contribution < -0.4 is 0 Å². The molecule has 0 saturated carbocycles. The molecule has 1 aromatic carbocycles. The van der Waals surface area contributed by atoms with E-state index in [1.54, 1.807) is 17.1 Å². The van der Waals surface area contributed by atoms with Gasteiger partial charge in [-0.3, -0.25) is 14.4 Å². The second kappa shape index (κ2) is 8.39. The van der Waals surface area contributed by atoms with Crippen LogP contribution in [-0.4, -0.2) is 56.7 Å². The minimum Gasteiger partial charge on any atom is -0.342 e. The zero-order valence-corrected chi connectivity index (χ0v) is 16.3. The second-order valence-electron chi connectivity index (χ2n) is 8.23. The van der Waals surface area contributed by atoms with Crippen molar-refractivity contribution in [1.82, 2.24) is 24.6 Å². The van der Waals surface area contributed by atoms with Crippen molar-refractivity contribution >= 4 is 5.91 Å². The number of piperidine rings is 1. The van der Waals surface area contributed by atoms with Crippen LogP contribution in [0, 0.1) is 11.2 Å². The van der Waals surface area contributed by atoms with Crippen LogP contribution in [0.25, 0.3) is 0 Å². The number of benzene rings is 1. The number of carbonyl (C=O) groups is 1. The fourth-order valence-electron chi connectivity index (χ4n) is 4.69. The molecule has 1 aromatic heterocycles. The van der Waals surface area contributed by atoms with Crippen LogP contribution in [0.5, 0.6) is 0 Å². The first kappa shape index (κ1) is 19.1. The van der Waals surface area contributed by atoms with Gasteiger partial charge in [-0.15, -0.1) is 0 Å². The summed E-state index contributed by atoms with van der Waals surface area (Å²) in [6, 6.07) is 7.04. The molecule has 150 valence electrons. The van der Waals surface area contributed by atoms with Gasteiger partial charge in [0, 0.05) is 50.1 Å². The SMILES string of the molecule is O=C(CCCn1cncn1)N1CC[C@]2(CCCN(Cc3ccccc3F)C2)C1. The predicted molar refractivity (Wildman–Crippen MR) is 104 cm³/mol. The van der Waals surface area contributed by atoms with Gasteiger partial charge in [-0.25, -0.2) is 9.37 Å². The van der Waals surface area contributed by atoms with E-state index in [1.165, 1.54) is 12.4 Å². The van der Waals surface area contributed by atoms with E-state index in [4.69, 9.17) is 0 Å². The maximum atomic E-state index is 14.0. The summed E-state index contributed by atoms with van der Waals surface area (Å²) in [4.78, 5) is 21.0. The van der Waals surface area contributed by atoms with Crippen molar-refractivity contribution < 1.29 is 9.18 Å². The number of nitrogens with zero attached hydrogens (tertiary/aromatic N) is 5. The molecular weight excluding hydrogens is 357 g/mol. The molecule has 0 N–H and O–H groups in total. The van der Waals surface area contributed by atoms with Crippen molar-refractivity contribution in [2.45, 2.75) is 45.2 Å². The van der Waals surface area contributed by atoms with Crippen LogP contribution in [0.15, 0.2) is 36.9 Å². The van der Waals surface area contributed by atoms with Gasteiger partial charge in [0.05, 0.1) is 0 Å². The fourth-order valence-corrected chi connectivity index (χ4v) is 4.69. The minimum absolute atomic E-state index is 0.127. The highest BCUT2D eigenvalue weighted by atomic mass is 19.1. The molecule has 0 unspecified atom stereocenters. The maximum absolute atomic E-state index is 14.0. The predicted octanol–water partition coefficient (Wildman–Crippen LogP) is 2.71. The molecule has 0 bridgehead atoms. The topological polar surface area (TPSA) is 54.3 Å². The summed E-state index contributed by atoms with van der Waals surface area (Å²) in [6.45, 7) is 5.01. The number of likely N-dealkylation sites (tertiary alicyclic amines) is 2. The molecular formula is C21H28FN5O. The molecule has 4 rings (SSSR count). The Hall–Kier alpha value is -2.28. The largest absolute Gasteiger partial charge is 0.342 e. The van der Waals surface area contributed by atoms with E-state index in [0.717, 1.165) is 64.0 Å². The highest BCUT2D eigenvalue weighted by molar-refractivity contribution is 5.76. The van der Waals surface area contributed by atoms with Gasteiger partial charge in [-0.05, 0) is 38.3 Å². The molecule has 28 heavy (non-hydrogen) atoms. The summed E-state index contributed by atoms with van der Waals surface area (Å²) < 4.78 is 15.8. The molecule has 1 amide bonds. The van der Waals surface area contributed by atoms with Crippen molar-refractivity contribution in [3.05, 3.63) is 48.3 Å². The Morgan fingerprint density at radius 2 is 2.07 bits per heavy atom. The number of carbonyl (C=O) groups excluding carboxylic acids is 1. The molecule has 7 heteroatoms. The first-order chi connectivity index (χ1) is 13.6. The van der Waals surface area contributed by atoms with Crippen LogP contribution in [-0.2, 0) is 17.9 Å². The molecule has 0 aliphatic carbocycles. The molecule has 6 nitrogen and oxygen atoms in total. The summed E-state index contributed by atoms with van der Waals surface area (Å²) in [6.07, 6.45) is 7.85. The average Bonchev–Trinajstić information content (AvgIpc) is 3.34. The van der Waals surface area contributed by atoms with Crippen molar-refractivity contribution in [3.8, 4) is 0 Å². The van der Waals surface area contributed by atoms with Gasteiger partial charge in [0.2, 0.25) is 5.91 Å². The summed E-state index contributed by atoms with van der Waals surface area (Å²) in [5.74, 6) is 0.112. The fraction of sp³-hybridized carbons (Fsp3) is 0.571. The molecule has 2 aliphatic heterocycles. The summed E-state index contributed by atoms with van der Waals surface area (Å²) in [5.41, 5.74) is 0.934. The summed E-state index contributed by atoms with van der Waals surface area (Å²) in [7, 11) is 0. The average molecular weight is 385 g/mol. The van der Waals surface area contributed by atoms with Gasteiger partial charge < -0.3 is 4.90 Å². The Morgan fingerprint density at radius 1 is 1.18 bits per heavy atom. The lowest BCUT2D eigenvalue weighted by molar-refractivity contribution is -0.130. The first-order valence-electron chi connectivity index (χ1n) is 10.2. The highest BCUT2D eigenvalue weighted by Crippen LogP contribution is 2.39. The van der Waals surface area contributed by atoms with Crippen LogP contribution >= 0.6 is 0 Å². The Kier molecular flexibility index (Phi) is 5.71. The third kappa shape index (κ3) is 4.41. The number of aromatic nitrogens is 3. The summed E-state index contributed by atoms with van der Waals surface area (Å²) in [5, 5.41) is 4.08. The molecule has 1 atom stereocenters. The van der Waals surface area contributed by atoms with Crippen LogP contribution in [0.4, 0.5) is 4.39 Å². The van der Waals surface area contributed by atoms with Crippen molar-refractivity contribution in [1.29, 1.82) is 0 Å². The molecule has 2 aliphatic rings. The Bertz CT molecular complexity index is 796. The van der Waals surface area contributed by atoms with E-state index in [9.17, 15) is 9.18 Å². The number of hydrogen-bond donors (Lipinski definition) is 0. The molecule has 2 fully saturated rings. The normalized spacial score (nSPS) is 22.8. The Labute approximate surface area is 165 Å². The van der Waals surface area contributed by atoms with Crippen molar-refractivity contribution in [3.63, 3.8) is 0 Å². The van der Waals surface area contributed by atoms with Crippen LogP contribution in [0.3, 0.4) is 0 Å². The van der Waals surface area contributed by atoms with Gasteiger partial charge >= 0.3 is 0 Å². The van der Waals surface area contributed by atoms with E-state index in [1.807, 2.05) is 17.0 Å². The highest BCUT2D eigenvalue weighted by Gasteiger charge is 2.42. The third-order valence-corrected chi connectivity index (χ3v) is 6.13. The van der Waals surface area contributed by atoms with E-state index in [-0.39, 0.29) is 17.1 Å². The lowest BCUT2D eigenvalue weighted by atomic mass is 9.79. The molecule has 1 spiro atoms. The molecule has 2 aromatic rings. The van der Waals surface area contributed by atoms with E-state index >= 15 is 0 Å². The van der Waals surface area contributed by atoms with Gasteiger partial charge in [-0.2, -0.15) is 5.10 Å².